The summed E-state index contributed by atoms with van der Waals surface area (Å²) in [4.78, 5) is 33.3. The van der Waals surface area contributed by atoms with E-state index >= 15 is 0 Å². The van der Waals surface area contributed by atoms with E-state index in [2.05, 4.69) is 30.4 Å². The number of fused-ring (bicyclic) bond motifs is 1. The van der Waals surface area contributed by atoms with Crippen LogP contribution in [0.3, 0.4) is 0 Å². The van der Waals surface area contributed by atoms with Gasteiger partial charge in [-0.3, -0.25) is 20.6 Å². The number of nitrogens with two attached hydrogens (primary N) is 1. The zero-order valence-electron chi connectivity index (χ0n) is 20.5. The molecule has 5 aromatic rings. The minimum Gasteiger partial charge on any atom is -0.436 e. The molecule has 0 aliphatic carbocycles. The molecule has 0 saturated carbocycles. The van der Waals surface area contributed by atoms with Gasteiger partial charge in [-0.15, -0.1) is 5.10 Å². The number of carbonyl (C=O) groups is 2. The molecule has 202 valence electrons. The number of amides is 1. The van der Waals surface area contributed by atoms with Gasteiger partial charge in [-0.25, -0.2) is 9.78 Å². The number of hydrogen-bond acceptors (Lipinski definition) is 8. The largest absolute Gasteiger partial charge is 0.490 e. The first-order valence-corrected chi connectivity index (χ1v) is 11.8. The highest BCUT2D eigenvalue weighted by atomic mass is 19.4. The molecule has 1 atom stereocenters. The lowest BCUT2D eigenvalue weighted by Gasteiger charge is -2.16. The number of carbonyl (C=O) groups excluding carboxylic acids is 2. The minimum absolute atomic E-state index is 0.150. The average Bonchev–Trinajstić information content (AvgIpc) is 3.49. The van der Waals surface area contributed by atoms with Gasteiger partial charge < -0.3 is 10.1 Å². The van der Waals surface area contributed by atoms with Gasteiger partial charge in [0.25, 0.3) is 5.91 Å². The first kappa shape index (κ1) is 26.4. The Kier molecular flexibility index (Phi) is 7.21. The lowest BCUT2D eigenvalue weighted by atomic mass is 9.96. The topological polar surface area (TPSA) is 149 Å². The molecule has 0 radical (unpaired) electrons. The van der Waals surface area contributed by atoms with E-state index in [-0.39, 0.29) is 17.8 Å². The highest BCUT2D eigenvalue weighted by Crippen LogP contribution is 2.34. The number of halogens is 3. The van der Waals surface area contributed by atoms with E-state index < -0.39 is 24.3 Å². The van der Waals surface area contributed by atoms with E-state index in [1.807, 2.05) is 36.4 Å². The fourth-order valence-electron chi connectivity index (χ4n) is 3.98. The molecule has 0 bridgehead atoms. The number of nitrogens with one attached hydrogen (secondary N) is 2. The summed E-state index contributed by atoms with van der Waals surface area (Å²) in [5.74, 6) is -2.80. The maximum atomic E-state index is 13.0. The van der Waals surface area contributed by atoms with Crippen molar-refractivity contribution in [3.05, 3.63) is 96.1 Å². The number of esters is 1. The molecule has 40 heavy (non-hydrogen) atoms. The maximum Gasteiger partial charge on any atom is 0.490 e. The first-order valence-electron chi connectivity index (χ1n) is 11.8. The standard InChI is InChI=1S/C27H20F3N7O3/c28-27(29,30)26(39)40-24(31)17-8-6-16(7-9-17)22-19(15-4-2-1-3-5-15)12-20-21(35-22)10-11-32-23(20)25(38)33-13-18-14-34-37-36-18/h1-12,14,24H,13,31H2,(H,33,38)(H,34,36,37). The van der Waals surface area contributed by atoms with Crippen molar-refractivity contribution in [1.29, 1.82) is 0 Å². The number of ether oxygens (including phenoxy) is 1. The number of aromatic nitrogens is 5. The van der Waals surface area contributed by atoms with Crippen molar-refractivity contribution in [1.82, 2.24) is 30.7 Å². The molecule has 2 aromatic carbocycles. The van der Waals surface area contributed by atoms with Gasteiger partial charge in [0, 0.05) is 34.5 Å². The van der Waals surface area contributed by atoms with Crippen molar-refractivity contribution in [3.63, 3.8) is 0 Å². The van der Waals surface area contributed by atoms with Crippen molar-refractivity contribution in [3.8, 4) is 22.4 Å². The molecular weight excluding hydrogens is 527 g/mol. The fraction of sp³-hybridized carbons (Fsp3) is 0.111. The predicted octanol–water partition coefficient (Wildman–Crippen LogP) is 4.07. The monoisotopic (exact) mass is 547 g/mol. The van der Waals surface area contributed by atoms with Crippen molar-refractivity contribution in [2.24, 2.45) is 5.73 Å². The van der Waals surface area contributed by atoms with Crippen LogP contribution in [-0.2, 0) is 16.1 Å². The number of hydrogen-bond donors (Lipinski definition) is 3. The van der Waals surface area contributed by atoms with Crippen molar-refractivity contribution in [2.75, 3.05) is 0 Å². The van der Waals surface area contributed by atoms with E-state index in [4.69, 9.17) is 10.7 Å². The molecule has 0 spiro atoms. The molecule has 4 N–H and O–H groups in total. The Bertz CT molecular complexity index is 1660. The van der Waals surface area contributed by atoms with E-state index in [9.17, 15) is 22.8 Å². The molecule has 13 heteroatoms. The van der Waals surface area contributed by atoms with Crippen LogP contribution in [0.5, 0.6) is 0 Å². The third kappa shape index (κ3) is 5.63. The molecule has 1 unspecified atom stereocenters. The molecule has 10 nitrogen and oxygen atoms in total. The number of aromatic amines is 1. The molecule has 3 heterocycles. The van der Waals surface area contributed by atoms with Crippen LogP contribution in [0.4, 0.5) is 13.2 Å². The summed E-state index contributed by atoms with van der Waals surface area (Å²) in [5.41, 5.74) is 9.71. The SMILES string of the molecule is NC(OC(=O)C(F)(F)F)c1ccc(-c2nc3ccnc(C(=O)NCc4c[nH]nn4)c3cc2-c2ccccc2)cc1. The van der Waals surface area contributed by atoms with Gasteiger partial charge in [0.1, 0.15) is 11.4 Å². The van der Waals surface area contributed by atoms with Gasteiger partial charge in [0.15, 0.2) is 6.23 Å². The third-order valence-corrected chi connectivity index (χ3v) is 5.92. The predicted molar refractivity (Wildman–Crippen MR) is 137 cm³/mol. The van der Waals surface area contributed by atoms with Gasteiger partial charge in [-0.05, 0) is 17.7 Å². The van der Waals surface area contributed by atoms with Crippen LogP contribution in [0, 0.1) is 0 Å². The summed E-state index contributed by atoms with van der Waals surface area (Å²) in [6.45, 7) is 0.150. The van der Waals surface area contributed by atoms with Crippen LogP contribution in [0.25, 0.3) is 33.3 Å². The normalized spacial score (nSPS) is 12.2. The molecule has 3 aromatic heterocycles. The van der Waals surface area contributed by atoms with Gasteiger partial charge in [0.05, 0.1) is 17.8 Å². The van der Waals surface area contributed by atoms with E-state index in [1.54, 1.807) is 24.4 Å². The molecule has 5 rings (SSSR count). The molecule has 1 amide bonds. The summed E-state index contributed by atoms with van der Waals surface area (Å²) >= 11 is 0. The van der Waals surface area contributed by atoms with Gasteiger partial charge in [0.2, 0.25) is 0 Å². The lowest BCUT2D eigenvalue weighted by molar-refractivity contribution is -0.205. The summed E-state index contributed by atoms with van der Waals surface area (Å²) in [7, 11) is 0. The fourth-order valence-corrected chi connectivity index (χ4v) is 3.98. The van der Waals surface area contributed by atoms with Crippen LogP contribution >= 0.6 is 0 Å². The summed E-state index contributed by atoms with van der Waals surface area (Å²) in [6.07, 6.45) is -3.72. The number of benzene rings is 2. The molecular formula is C27H20F3N7O3. The quantitative estimate of drug-likeness (QED) is 0.204. The number of nitrogens with zero attached hydrogens (tertiary/aromatic N) is 4. The van der Waals surface area contributed by atoms with Crippen molar-refractivity contribution >= 4 is 22.8 Å². The van der Waals surface area contributed by atoms with Crippen LogP contribution in [0.15, 0.2) is 79.1 Å². The Hall–Kier alpha value is -5.17. The maximum absolute atomic E-state index is 13.0. The van der Waals surface area contributed by atoms with Gasteiger partial charge in [-0.1, -0.05) is 59.8 Å². The second-order valence-corrected chi connectivity index (χ2v) is 8.57. The Morgan fingerprint density at radius 1 is 1.02 bits per heavy atom. The van der Waals surface area contributed by atoms with Crippen LogP contribution in [0.1, 0.15) is 28.0 Å². The second-order valence-electron chi connectivity index (χ2n) is 8.57. The van der Waals surface area contributed by atoms with Crippen LogP contribution < -0.4 is 11.1 Å². The Balaban J connectivity index is 1.52. The second kappa shape index (κ2) is 10.9. The Labute approximate surface area is 224 Å². The van der Waals surface area contributed by atoms with E-state index in [1.165, 1.54) is 18.3 Å². The number of alkyl halides is 3. The molecule has 0 aliphatic rings. The van der Waals surface area contributed by atoms with E-state index in [0.717, 1.165) is 5.56 Å². The Morgan fingerprint density at radius 3 is 2.45 bits per heavy atom. The van der Waals surface area contributed by atoms with Crippen LogP contribution in [0.2, 0.25) is 0 Å². The zero-order valence-corrected chi connectivity index (χ0v) is 20.5. The zero-order chi connectivity index (χ0) is 28.3. The first-order chi connectivity index (χ1) is 19.2. The number of pyridine rings is 2. The van der Waals surface area contributed by atoms with Gasteiger partial charge >= 0.3 is 12.1 Å². The molecule has 0 aliphatic heterocycles. The third-order valence-electron chi connectivity index (χ3n) is 5.92. The van der Waals surface area contributed by atoms with Gasteiger partial charge in [-0.2, -0.15) is 13.2 Å². The number of rotatable bonds is 7. The summed E-state index contributed by atoms with van der Waals surface area (Å²) in [6, 6.07) is 19.0. The molecule has 0 fully saturated rings. The Morgan fingerprint density at radius 2 is 1.77 bits per heavy atom. The summed E-state index contributed by atoms with van der Waals surface area (Å²) < 4.78 is 42.0. The number of H-pyrrole nitrogens is 1. The van der Waals surface area contributed by atoms with E-state index in [0.29, 0.717) is 33.4 Å². The highest BCUT2D eigenvalue weighted by molar-refractivity contribution is 6.06. The van der Waals surface area contributed by atoms with Crippen molar-refractivity contribution in [2.45, 2.75) is 18.9 Å². The lowest BCUT2D eigenvalue weighted by Crippen LogP contribution is -2.29. The summed E-state index contributed by atoms with van der Waals surface area (Å²) in [5, 5.41) is 13.3. The van der Waals surface area contributed by atoms with Crippen LogP contribution in [-0.4, -0.2) is 43.4 Å². The van der Waals surface area contributed by atoms with Crippen molar-refractivity contribution < 1.29 is 27.5 Å². The minimum atomic E-state index is -5.15. The highest BCUT2D eigenvalue weighted by Gasteiger charge is 2.42. The molecule has 0 saturated heterocycles. The average molecular weight is 547 g/mol. The smallest absolute Gasteiger partial charge is 0.436 e.